The summed E-state index contributed by atoms with van der Waals surface area (Å²) in [5, 5.41) is 17.9. The van der Waals surface area contributed by atoms with Crippen molar-refractivity contribution in [3.63, 3.8) is 0 Å². The molecule has 1 aromatic carbocycles. The molecule has 1 aromatic heterocycles. The largest absolute Gasteiger partial charge is 0.497 e. The van der Waals surface area contributed by atoms with Gasteiger partial charge in [-0.25, -0.2) is 0 Å². The van der Waals surface area contributed by atoms with Crippen LogP contribution in [0.5, 0.6) is 11.5 Å². The summed E-state index contributed by atoms with van der Waals surface area (Å²) in [5.74, 6) is 1.58. The smallest absolute Gasteiger partial charge is 0.124 e. The number of nitrogens with one attached hydrogen (secondary N) is 1. The highest BCUT2D eigenvalue weighted by Gasteiger charge is 2.18. The maximum absolute atomic E-state index is 10.1. The Kier molecular flexibility index (Phi) is 7.52. The first kappa shape index (κ1) is 21.6. The fourth-order valence-electron chi connectivity index (χ4n) is 3.89. The SMILES string of the molecule is COc1ccc(OCC(O)CN(C)C)c(CN(C)Cc2n[nH]c3c2CCCC3)c1. The molecule has 1 heterocycles. The third kappa shape index (κ3) is 5.95. The molecule has 160 valence electrons. The number of likely N-dealkylation sites (N-methyl/N-ethyl adjacent to an activating group) is 1. The highest BCUT2D eigenvalue weighted by molar-refractivity contribution is 5.40. The third-order valence-electron chi connectivity index (χ3n) is 5.28. The number of benzene rings is 1. The van der Waals surface area contributed by atoms with Crippen molar-refractivity contribution in [2.24, 2.45) is 0 Å². The van der Waals surface area contributed by atoms with Crippen molar-refractivity contribution in [2.45, 2.75) is 44.9 Å². The minimum absolute atomic E-state index is 0.258. The van der Waals surface area contributed by atoms with E-state index >= 15 is 0 Å². The van der Waals surface area contributed by atoms with Crippen LogP contribution in [-0.2, 0) is 25.9 Å². The van der Waals surface area contributed by atoms with Crippen molar-refractivity contribution in [1.29, 1.82) is 0 Å². The molecule has 0 radical (unpaired) electrons. The monoisotopic (exact) mass is 402 g/mol. The lowest BCUT2D eigenvalue weighted by molar-refractivity contribution is 0.0823. The predicted molar refractivity (Wildman–Crippen MR) is 113 cm³/mol. The number of aromatic amines is 1. The Balaban J connectivity index is 1.67. The molecule has 0 spiro atoms. The number of hydrogen-bond acceptors (Lipinski definition) is 6. The normalized spacial score (nSPS) is 14.9. The van der Waals surface area contributed by atoms with Gasteiger partial charge in [-0.2, -0.15) is 5.10 Å². The van der Waals surface area contributed by atoms with Gasteiger partial charge in [0.15, 0.2) is 0 Å². The van der Waals surface area contributed by atoms with Crippen molar-refractivity contribution in [3.8, 4) is 11.5 Å². The van der Waals surface area contributed by atoms with E-state index in [0.717, 1.165) is 42.1 Å². The summed E-state index contributed by atoms with van der Waals surface area (Å²) in [6.45, 7) is 2.31. The molecule has 0 saturated heterocycles. The van der Waals surface area contributed by atoms with E-state index in [-0.39, 0.29) is 6.61 Å². The van der Waals surface area contributed by atoms with Crippen molar-refractivity contribution < 1.29 is 14.6 Å². The molecule has 2 aromatic rings. The molecule has 7 heteroatoms. The van der Waals surface area contributed by atoms with Crippen molar-refractivity contribution in [1.82, 2.24) is 20.0 Å². The summed E-state index contributed by atoms with van der Waals surface area (Å²) < 4.78 is 11.3. The van der Waals surface area contributed by atoms with E-state index in [1.165, 1.54) is 24.1 Å². The van der Waals surface area contributed by atoms with Gasteiger partial charge < -0.3 is 19.5 Å². The van der Waals surface area contributed by atoms with Crippen LogP contribution < -0.4 is 9.47 Å². The highest BCUT2D eigenvalue weighted by atomic mass is 16.5. The first-order valence-electron chi connectivity index (χ1n) is 10.3. The molecule has 0 fully saturated rings. The number of aromatic nitrogens is 2. The van der Waals surface area contributed by atoms with Crippen LogP contribution in [0.2, 0.25) is 0 Å². The van der Waals surface area contributed by atoms with Crippen LogP contribution in [0.4, 0.5) is 0 Å². The van der Waals surface area contributed by atoms with Crippen LogP contribution in [0.25, 0.3) is 0 Å². The molecule has 0 aliphatic heterocycles. The molecule has 0 saturated carbocycles. The first-order valence-corrected chi connectivity index (χ1v) is 10.3. The number of aliphatic hydroxyl groups excluding tert-OH is 1. The maximum atomic E-state index is 10.1. The van der Waals surface area contributed by atoms with E-state index in [0.29, 0.717) is 13.1 Å². The van der Waals surface area contributed by atoms with Crippen LogP contribution in [-0.4, -0.2) is 72.6 Å². The molecular weight excluding hydrogens is 368 g/mol. The van der Waals surface area contributed by atoms with Gasteiger partial charge in [0.25, 0.3) is 0 Å². The number of ether oxygens (including phenoxy) is 2. The molecule has 2 N–H and O–H groups in total. The van der Waals surface area contributed by atoms with Crippen molar-refractivity contribution in [2.75, 3.05) is 41.4 Å². The maximum Gasteiger partial charge on any atom is 0.124 e. The van der Waals surface area contributed by atoms with E-state index in [4.69, 9.17) is 9.47 Å². The number of aliphatic hydroxyl groups is 1. The van der Waals surface area contributed by atoms with Gasteiger partial charge in [0.2, 0.25) is 0 Å². The van der Waals surface area contributed by atoms with E-state index < -0.39 is 6.10 Å². The predicted octanol–water partition coefficient (Wildman–Crippen LogP) is 2.23. The highest BCUT2D eigenvalue weighted by Crippen LogP contribution is 2.27. The second-order valence-electron chi connectivity index (χ2n) is 8.21. The second-order valence-corrected chi connectivity index (χ2v) is 8.21. The molecule has 29 heavy (non-hydrogen) atoms. The first-order chi connectivity index (χ1) is 14.0. The van der Waals surface area contributed by atoms with Gasteiger partial charge in [0, 0.05) is 30.9 Å². The molecule has 3 rings (SSSR count). The zero-order chi connectivity index (χ0) is 20.8. The Hall–Kier alpha value is -2.09. The van der Waals surface area contributed by atoms with E-state index in [2.05, 4.69) is 22.1 Å². The Bertz CT molecular complexity index is 790. The molecular formula is C22H34N4O3. The number of nitrogens with zero attached hydrogens (tertiary/aromatic N) is 3. The number of hydrogen-bond donors (Lipinski definition) is 2. The van der Waals surface area contributed by atoms with E-state index in [1.807, 2.05) is 37.2 Å². The average Bonchev–Trinajstić information content (AvgIpc) is 3.09. The molecule has 0 amide bonds. The molecule has 1 aliphatic carbocycles. The fraction of sp³-hybridized carbons (Fsp3) is 0.591. The average molecular weight is 403 g/mol. The lowest BCUT2D eigenvalue weighted by Crippen LogP contribution is -2.30. The summed E-state index contributed by atoms with van der Waals surface area (Å²) in [4.78, 5) is 4.18. The van der Waals surface area contributed by atoms with Crippen LogP contribution in [0.3, 0.4) is 0 Å². The van der Waals surface area contributed by atoms with Crippen molar-refractivity contribution in [3.05, 3.63) is 40.7 Å². The van der Waals surface area contributed by atoms with Gasteiger partial charge in [-0.1, -0.05) is 0 Å². The zero-order valence-electron chi connectivity index (χ0n) is 18.1. The van der Waals surface area contributed by atoms with E-state index in [1.54, 1.807) is 7.11 Å². The minimum atomic E-state index is -0.534. The van der Waals surface area contributed by atoms with Gasteiger partial charge in [0.05, 0.1) is 12.8 Å². The molecule has 1 aliphatic rings. The van der Waals surface area contributed by atoms with Gasteiger partial charge in [-0.3, -0.25) is 10.00 Å². The summed E-state index contributed by atoms with van der Waals surface area (Å²) >= 11 is 0. The summed E-state index contributed by atoms with van der Waals surface area (Å²) in [6.07, 6.45) is 4.18. The topological polar surface area (TPSA) is 73.8 Å². The van der Waals surface area contributed by atoms with E-state index in [9.17, 15) is 5.11 Å². The molecule has 1 atom stereocenters. The van der Waals surface area contributed by atoms with Crippen molar-refractivity contribution >= 4 is 0 Å². The van der Waals surface area contributed by atoms with Gasteiger partial charge in [-0.15, -0.1) is 0 Å². The number of rotatable bonds is 10. The Morgan fingerprint density at radius 3 is 2.72 bits per heavy atom. The summed E-state index contributed by atoms with van der Waals surface area (Å²) in [5.41, 5.74) is 4.89. The van der Waals surface area contributed by atoms with Crippen LogP contribution in [0, 0.1) is 0 Å². The lowest BCUT2D eigenvalue weighted by Gasteiger charge is -2.21. The summed E-state index contributed by atoms with van der Waals surface area (Å²) in [7, 11) is 7.63. The quantitative estimate of drug-likeness (QED) is 0.635. The third-order valence-corrected chi connectivity index (χ3v) is 5.28. The summed E-state index contributed by atoms with van der Waals surface area (Å²) in [6, 6.07) is 5.81. The Labute approximate surface area is 173 Å². The van der Waals surface area contributed by atoms with Crippen LogP contribution >= 0.6 is 0 Å². The van der Waals surface area contributed by atoms with Gasteiger partial charge in [-0.05, 0) is 70.6 Å². The van der Waals surface area contributed by atoms with Gasteiger partial charge in [0.1, 0.15) is 24.2 Å². The molecule has 1 unspecified atom stereocenters. The Morgan fingerprint density at radius 2 is 1.97 bits per heavy atom. The Morgan fingerprint density at radius 1 is 1.17 bits per heavy atom. The zero-order valence-corrected chi connectivity index (χ0v) is 18.1. The molecule has 0 bridgehead atoms. The number of aryl methyl sites for hydroxylation is 1. The number of H-pyrrole nitrogens is 1. The standard InChI is InChI=1S/C22H34N4O3/c1-25(2)13-17(27)15-29-22-10-9-18(28-4)11-16(22)12-26(3)14-21-19-7-5-6-8-20(19)23-24-21/h9-11,17,27H,5-8,12-15H2,1-4H3,(H,23,24). The van der Waals surface area contributed by atoms with Crippen LogP contribution in [0.15, 0.2) is 18.2 Å². The lowest BCUT2D eigenvalue weighted by atomic mass is 9.96. The minimum Gasteiger partial charge on any atom is -0.497 e. The molecule has 7 nitrogen and oxygen atoms in total. The fourth-order valence-corrected chi connectivity index (χ4v) is 3.89. The number of fused-ring (bicyclic) bond motifs is 1. The second kappa shape index (κ2) is 10.1. The van der Waals surface area contributed by atoms with Gasteiger partial charge >= 0.3 is 0 Å². The van der Waals surface area contributed by atoms with Crippen LogP contribution in [0.1, 0.15) is 35.4 Å². The number of methoxy groups -OCH3 is 1.